The number of pyridine rings is 2. The molecule has 178 valence electrons. The van der Waals surface area contributed by atoms with Crippen molar-refractivity contribution < 1.29 is 0 Å². The van der Waals surface area contributed by atoms with E-state index in [0.717, 1.165) is 39.4 Å². The fraction of sp³-hybridized carbons (Fsp3) is 0. The Kier molecular flexibility index (Phi) is 4.49. The summed E-state index contributed by atoms with van der Waals surface area (Å²) in [6.45, 7) is 0. The highest BCUT2D eigenvalue weighted by Crippen LogP contribution is 2.50. The third-order valence-electron chi connectivity index (χ3n) is 7.41. The Morgan fingerprint density at radius 2 is 1.32 bits per heavy atom. The Hall–Kier alpha value is -5.22. The van der Waals surface area contributed by atoms with Crippen LogP contribution in [0.1, 0.15) is 0 Å². The lowest BCUT2D eigenvalue weighted by Gasteiger charge is -2.33. The number of hydrogen-bond acceptors (Lipinski definition) is 3. The van der Waals surface area contributed by atoms with Crippen LogP contribution in [0.25, 0.3) is 49.9 Å². The topological polar surface area (TPSA) is 34.0 Å². The quantitative estimate of drug-likeness (QED) is 0.250. The summed E-state index contributed by atoms with van der Waals surface area (Å²) in [6, 6.07) is 40.8. The van der Waals surface area contributed by atoms with Gasteiger partial charge in [-0.2, -0.15) is 0 Å². The number of nitrogens with zero attached hydrogens (tertiary/aromatic N) is 4. The Morgan fingerprint density at radius 3 is 2.18 bits per heavy atom. The normalized spacial score (nSPS) is 12.2. The van der Waals surface area contributed by atoms with Crippen LogP contribution in [-0.4, -0.2) is 14.5 Å². The van der Waals surface area contributed by atoms with Crippen molar-refractivity contribution >= 4 is 38.9 Å². The van der Waals surface area contributed by atoms with Gasteiger partial charge >= 0.3 is 0 Å². The molecule has 0 atom stereocenters. The molecule has 0 saturated heterocycles. The van der Waals surface area contributed by atoms with Gasteiger partial charge < -0.3 is 9.47 Å². The minimum Gasteiger partial charge on any atom is -0.306 e. The van der Waals surface area contributed by atoms with Gasteiger partial charge in [0.2, 0.25) is 0 Å². The average Bonchev–Trinajstić information content (AvgIpc) is 3.34. The first-order valence-corrected chi connectivity index (χ1v) is 12.8. The van der Waals surface area contributed by atoms with Crippen LogP contribution in [0.4, 0.5) is 17.1 Å². The molecule has 0 aliphatic carbocycles. The molecular formula is C34H22N4. The molecule has 0 N–H and O–H groups in total. The Morgan fingerprint density at radius 1 is 0.526 bits per heavy atom. The lowest BCUT2D eigenvalue weighted by Crippen LogP contribution is -2.18. The van der Waals surface area contributed by atoms with Gasteiger partial charge in [-0.3, -0.25) is 9.97 Å². The zero-order valence-electron chi connectivity index (χ0n) is 20.5. The molecule has 8 rings (SSSR count). The predicted molar refractivity (Wildman–Crippen MR) is 155 cm³/mol. The van der Waals surface area contributed by atoms with Crippen LogP contribution in [0.15, 0.2) is 134 Å². The van der Waals surface area contributed by atoms with Crippen molar-refractivity contribution in [3.63, 3.8) is 0 Å². The van der Waals surface area contributed by atoms with Gasteiger partial charge in [-0.1, -0.05) is 54.6 Å². The number of anilines is 3. The van der Waals surface area contributed by atoms with E-state index in [1.807, 2.05) is 36.8 Å². The zero-order valence-corrected chi connectivity index (χ0v) is 20.5. The molecule has 4 nitrogen and oxygen atoms in total. The largest absolute Gasteiger partial charge is 0.306 e. The monoisotopic (exact) mass is 486 g/mol. The first-order valence-electron chi connectivity index (χ1n) is 12.8. The highest BCUT2D eigenvalue weighted by molar-refractivity contribution is 6.16. The van der Waals surface area contributed by atoms with Crippen LogP contribution < -0.4 is 4.90 Å². The molecule has 0 spiro atoms. The van der Waals surface area contributed by atoms with E-state index < -0.39 is 0 Å². The van der Waals surface area contributed by atoms with Crippen molar-refractivity contribution in [2.75, 3.05) is 4.90 Å². The molecule has 1 aliphatic rings. The predicted octanol–water partition coefficient (Wildman–Crippen LogP) is 8.69. The standard InChI is InChI=1S/C34H22N4/c1-2-13-30-27(10-1)28-11-7-16-33-34(28)38(30)32-15-4-3-14-31(32)37(33)26-20-24(23-9-8-17-35-22-23)19-25(21-26)29-12-5-6-18-36-29/h1-22H. The summed E-state index contributed by atoms with van der Waals surface area (Å²) in [5.74, 6) is 0. The van der Waals surface area contributed by atoms with Gasteiger partial charge in [0.1, 0.15) is 0 Å². The van der Waals surface area contributed by atoms with Crippen molar-refractivity contribution in [1.29, 1.82) is 0 Å². The number of rotatable bonds is 3. The molecule has 0 radical (unpaired) electrons. The number of aromatic nitrogens is 3. The van der Waals surface area contributed by atoms with Gasteiger partial charge in [-0.25, -0.2) is 0 Å². The van der Waals surface area contributed by atoms with E-state index in [1.165, 1.54) is 27.5 Å². The van der Waals surface area contributed by atoms with E-state index in [1.54, 1.807) is 0 Å². The van der Waals surface area contributed by atoms with E-state index in [0.29, 0.717) is 0 Å². The van der Waals surface area contributed by atoms with Crippen LogP contribution in [-0.2, 0) is 0 Å². The molecule has 4 heteroatoms. The highest BCUT2D eigenvalue weighted by Gasteiger charge is 2.28. The summed E-state index contributed by atoms with van der Waals surface area (Å²) in [6.07, 6.45) is 5.58. The minimum absolute atomic E-state index is 0.942. The molecular weight excluding hydrogens is 464 g/mol. The molecule has 0 saturated carbocycles. The van der Waals surface area contributed by atoms with Gasteiger partial charge in [-0.15, -0.1) is 0 Å². The summed E-state index contributed by atoms with van der Waals surface area (Å²) in [5.41, 5.74) is 11.2. The maximum Gasteiger partial charge on any atom is 0.0783 e. The van der Waals surface area contributed by atoms with Crippen molar-refractivity contribution in [1.82, 2.24) is 14.5 Å². The lowest BCUT2D eigenvalue weighted by atomic mass is 9.99. The van der Waals surface area contributed by atoms with Crippen LogP contribution >= 0.6 is 0 Å². The zero-order chi connectivity index (χ0) is 25.1. The van der Waals surface area contributed by atoms with Crippen molar-refractivity contribution in [2.24, 2.45) is 0 Å². The van der Waals surface area contributed by atoms with Crippen LogP contribution in [0.5, 0.6) is 0 Å². The van der Waals surface area contributed by atoms with E-state index in [4.69, 9.17) is 0 Å². The molecule has 3 aromatic heterocycles. The lowest BCUT2D eigenvalue weighted by molar-refractivity contribution is 1.11. The smallest absolute Gasteiger partial charge is 0.0783 e. The van der Waals surface area contributed by atoms with Gasteiger partial charge in [0.05, 0.1) is 33.8 Å². The molecule has 0 bridgehead atoms. The average molecular weight is 487 g/mol. The molecule has 0 fully saturated rings. The second-order valence-corrected chi connectivity index (χ2v) is 9.58. The Balaban J connectivity index is 1.46. The third kappa shape index (κ3) is 3.04. The molecule has 4 aromatic carbocycles. The fourth-order valence-electron chi connectivity index (χ4n) is 5.80. The van der Waals surface area contributed by atoms with Crippen LogP contribution in [0.3, 0.4) is 0 Å². The first-order chi connectivity index (χ1) is 18.9. The van der Waals surface area contributed by atoms with Gasteiger partial charge in [0.25, 0.3) is 0 Å². The second-order valence-electron chi connectivity index (χ2n) is 9.58. The molecule has 38 heavy (non-hydrogen) atoms. The fourth-order valence-corrected chi connectivity index (χ4v) is 5.80. The van der Waals surface area contributed by atoms with Crippen LogP contribution in [0.2, 0.25) is 0 Å². The second kappa shape index (κ2) is 8.15. The molecule has 0 unspecified atom stereocenters. The Labute approximate surface area is 220 Å². The minimum atomic E-state index is 0.942. The van der Waals surface area contributed by atoms with Crippen molar-refractivity contribution in [3.05, 3.63) is 134 Å². The molecule has 4 heterocycles. The molecule has 0 amide bonds. The summed E-state index contributed by atoms with van der Waals surface area (Å²) < 4.78 is 2.41. The van der Waals surface area contributed by atoms with E-state index in [2.05, 4.69) is 116 Å². The van der Waals surface area contributed by atoms with Crippen LogP contribution in [0, 0.1) is 0 Å². The first kappa shape index (κ1) is 20.9. The third-order valence-corrected chi connectivity index (χ3v) is 7.41. The maximum absolute atomic E-state index is 4.68. The van der Waals surface area contributed by atoms with E-state index >= 15 is 0 Å². The summed E-state index contributed by atoms with van der Waals surface area (Å²) >= 11 is 0. The number of para-hydroxylation sites is 4. The van der Waals surface area contributed by atoms with Gasteiger partial charge in [-0.05, 0) is 66.2 Å². The summed E-state index contributed by atoms with van der Waals surface area (Å²) in [4.78, 5) is 11.5. The van der Waals surface area contributed by atoms with E-state index in [9.17, 15) is 0 Å². The highest BCUT2D eigenvalue weighted by atomic mass is 15.2. The SMILES string of the molecule is c1ccc(-c2cc(-c3cccnc3)cc(N3c4ccccc4-n4c5ccccc5c5cccc3c54)c2)nc1. The molecule has 1 aliphatic heterocycles. The summed E-state index contributed by atoms with van der Waals surface area (Å²) in [5, 5.41) is 2.52. The van der Waals surface area contributed by atoms with Crippen molar-refractivity contribution in [2.45, 2.75) is 0 Å². The van der Waals surface area contributed by atoms with Gasteiger partial charge in [0.15, 0.2) is 0 Å². The van der Waals surface area contributed by atoms with Crippen molar-refractivity contribution in [3.8, 4) is 28.1 Å². The number of benzene rings is 4. The van der Waals surface area contributed by atoms with E-state index in [-0.39, 0.29) is 0 Å². The Bertz CT molecular complexity index is 1920. The molecule has 7 aromatic rings. The van der Waals surface area contributed by atoms with Gasteiger partial charge in [0, 0.05) is 46.2 Å². The number of fused-ring (bicyclic) bond motifs is 5. The maximum atomic E-state index is 4.68. The summed E-state index contributed by atoms with van der Waals surface area (Å²) in [7, 11) is 0. The number of hydrogen-bond donors (Lipinski definition) is 0.